The van der Waals surface area contributed by atoms with Gasteiger partial charge in [0.15, 0.2) is 0 Å². The Hall–Kier alpha value is -0.510. The van der Waals surface area contributed by atoms with Crippen LogP contribution in [0.4, 0.5) is 0 Å². The highest BCUT2D eigenvalue weighted by molar-refractivity contribution is 7.49. The maximum Gasteiger partial charge on any atom is 0.123 e. The van der Waals surface area contributed by atoms with E-state index in [0.29, 0.717) is 18.7 Å². The Morgan fingerprint density at radius 1 is 1.28 bits per heavy atom. The van der Waals surface area contributed by atoms with E-state index in [9.17, 15) is 0 Å². The molecular formula is C20H32NO3P. The summed E-state index contributed by atoms with van der Waals surface area (Å²) in [6.45, 7) is 11.6. The van der Waals surface area contributed by atoms with Crippen molar-refractivity contribution in [2.75, 3.05) is 13.3 Å². The third-order valence-electron chi connectivity index (χ3n) is 5.02. The summed E-state index contributed by atoms with van der Waals surface area (Å²) < 4.78 is 29.5. The van der Waals surface area contributed by atoms with Crippen molar-refractivity contribution in [3.05, 3.63) is 35.9 Å². The van der Waals surface area contributed by atoms with Gasteiger partial charge < -0.3 is 14.0 Å². The summed E-state index contributed by atoms with van der Waals surface area (Å²) in [5.74, 6) is 0. The van der Waals surface area contributed by atoms with Crippen LogP contribution in [0.1, 0.15) is 41.5 Å². The second kappa shape index (κ2) is 7.62. The number of hydrogen-bond donors (Lipinski definition) is 0. The van der Waals surface area contributed by atoms with Crippen LogP contribution >= 0.6 is 8.30 Å². The topological polar surface area (TPSA) is 30.9 Å². The van der Waals surface area contributed by atoms with Crippen molar-refractivity contribution < 1.29 is 15.4 Å². The molecule has 2 aliphatic rings. The molecule has 0 amide bonds. The molecule has 3 rings (SSSR count). The molecule has 2 aliphatic heterocycles. The van der Waals surface area contributed by atoms with Crippen LogP contribution in [0.3, 0.4) is 0 Å². The van der Waals surface area contributed by atoms with Crippen molar-refractivity contribution in [3.8, 4) is 0 Å². The van der Waals surface area contributed by atoms with Gasteiger partial charge in [-0.25, -0.2) is 0 Å². The van der Waals surface area contributed by atoms with Gasteiger partial charge in [-0.15, -0.1) is 0 Å². The van der Waals surface area contributed by atoms with Gasteiger partial charge in [0.2, 0.25) is 0 Å². The Balaban J connectivity index is 1.74. The monoisotopic (exact) mass is 366 g/mol. The first-order valence-electron chi connectivity index (χ1n) is 9.90. The van der Waals surface area contributed by atoms with Crippen LogP contribution in [0.15, 0.2) is 30.3 Å². The van der Waals surface area contributed by atoms with E-state index in [4.69, 9.17) is 15.4 Å². The average Bonchev–Trinajstić information content (AvgIpc) is 3.07. The van der Waals surface area contributed by atoms with Gasteiger partial charge in [0, 0.05) is 19.9 Å². The Bertz CT molecular complexity index is 580. The van der Waals surface area contributed by atoms with Gasteiger partial charge in [0.05, 0.1) is 12.7 Å². The molecule has 2 unspecified atom stereocenters. The molecule has 25 heavy (non-hydrogen) atoms. The molecule has 2 bridgehead atoms. The summed E-state index contributed by atoms with van der Waals surface area (Å²) in [6, 6.07) is 11.2. The van der Waals surface area contributed by atoms with Crippen molar-refractivity contribution in [2.45, 2.75) is 77.0 Å². The second-order valence-corrected chi connectivity index (χ2v) is 9.35. The maximum atomic E-state index is 8.10. The summed E-state index contributed by atoms with van der Waals surface area (Å²) in [7, 11) is -0.773. The summed E-state index contributed by atoms with van der Waals surface area (Å²) in [5.41, 5.74) is 0.609. The van der Waals surface area contributed by atoms with Gasteiger partial charge in [-0.1, -0.05) is 30.3 Å². The van der Waals surface area contributed by atoms with Crippen LogP contribution in [-0.2, 0) is 20.4 Å². The molecule has 1 aromatic carbocycles. The number of fused-ring (bicyclic) bond motifs is 2. The smallest absolute Gasteiger partial charge is 0.123 e. The lowest BCUT2D eigenvalue weighted by Crippen LogP contribution is -2.40. The van der Waals surface area contributed by atoms with E-state index in [1.807, 2.05) is 18.2 Å². The molecule has 0 aliphatic carbocycles. The van der Waals surface area contributed by atoms with Crippen molar-refractivity contribution in [1.29, 1.82) is 0 Å². The highest BCUT2D eigenvalue weighted by atomic mass is 31.2. The third-order valence-corrected chi connectivity index (χ3v) is 7.13. The standard InChI is InChI=1S/C20H32NO3P/c1-14(2)21(15(3)4)25(6)24-19-18-17(23-20(19,5)13-22-18)12-16-10-8-7-9-11-16/h7-11,14-15,17-19H,12-13H2,1-6H3/t17-,18+,19?,20-,25?/m0/s1/i5D. The van der Waals surface area contributed by atoms with E-state index in [-0.39, 0.29) is 25.2 Å². The van der Waals surface area contributed by atoms with E-state index in [1.54, 1.807) is 0 Å². The van der Waals surface area contributed by atoms with Crippen LogP contribution < -0.4 is 0 Å². The zero-order chi connectivity index (χ0) is 18.9. The van der Waals surface area contributed by atoms with Crippen LogP contribution in [0, 0.1) is 0 Å². The van der Waals surface area contributed by atoms with Gasteiger partial charge in [-0.2, -0.15) is 0 Å². The average molecular weight is 366 g/mol. The predicted molar refractivity (Wildman–Crippen MR) is 103 cm³/mol. The predicted octanol–water partition coefficient (Wildman–Crippen LogP) is 4.23. The zero-order valence-electron chi connectivity index (χ0n) is 17.0. The van der Waals surface area contributed by atoms with Gasteiger partial charge in [0.1, 0.15) is 26.1 Å². The zero-order valence-corrected chi connectivity index (χ0v) is 16.9. The van der Waals surface area contributed by atoms with Crippen molar-refractivity contribution in [1.82, 2.24) is 4.67 Å². The molecule has 0 radical (unpaired) electrons. The summed E-state index contributed by atoms with van der Waals surface area (Å²) >= 11 is 0. The molecule has 0 spiro atoms. The number of benzene rings is 1. The number of rotatable bonds is 7. The van der Waals surface area contributed by atoms with Crippen molar-refractivity contribution in [3.63, 3.8) is 0 Å². The molecule has 2 heterocycles. The molecule has 5 heteroatoms. The largest absolute Gasteiger partial charge is 0.370 e. The quantitative estimate of drug-likeness (QED) is 0.676. The first kappa shape index (κ1) is 17.9. The minimum atomic E-state index is -0.773. The molecule has 4 nitrogen and oxygen atoms in total. The lowest BCUT2D eigenvalue weighted by Gasteiger charge is -2.37. The molecule has 2 fully saturated rings. The molecule has 0 aromatic heterocycles. The fourth-order valence-electron chi connectivity index (χ4n) is 4.10. The van der Waals surface area contributed by atoms with Crippen LogP contribution in [0.25, 0.3) is 0 Å². The SMILES string of the molecule is [2H]C[C@]12CO[C@@H](C1OP(C)N(C(C)C)C(C)C)[C@H](Cc1ccccc1)O2. The molecule has 1 aromatic rings. The maximum absolute atomic E-state index is 8.10. The second-order valence-electron chi connectivity index (χ2n) is 7.74. The lowest BCUT2D eigenvalue weighted by atomic mass is 9.99. The summed E-state index contributed by atoms with van der Waals surface area (Å²) in [5, 5.41) is 0. The van der Waals surface area contributed by atoms with Crippen LogP contribution in [0.5, 0.6) is 0 Å². The molecule has 5 atom stereocenters. The minimum Gasteiger partial charge on any atom is -0.370 e. The van der Waals surface area contributed by atoms with Gasteiger partial charge in [0.25, 0.3) is 0 Å². The number of hydrogen-bond acceptors (Lipinski definition) is 4. The Kier molecular flexibility index (Phi) is 5.45. The fourth-order valence-corrected chi connectivity index (χ4v) is 6.15. The molecule has 2 saturated heterocycles. The van der Waals surface area contributed by atoms with Crippen molar-refractivity contribution in [2.24, 2.45) is 0 Å². The minimum absolute atomic E-state index is 0.0450. The van der Waals surface area contributed by atoms with E-state index in [2.05, 4.69) is 51.2 Å². The molecule has 0 N–H and O–H groups in total. The molecule has 140 valence electrons. The van der Waals surface area contributed by atoms with Gasteiger partial charge >= 0.3 is 0 Å². The normalized spacial score (nSPS) is 33.4. The van der Waals surface area contributed by atoms with Gasteiger partial charge in [-0.3, -0.25) is 4.67 Å². The van der Waals surface area contributed by atoms with E-state index < -0.39 is 13.9 Å². The first-order chi connectivity index (χ1) is 12.4. The van der Waals surface area contributed by atoms with Crippen LogP contribution in [0.2, 0.25) is 0 Å². The summed E-state index contributed by atoms with van der Waals surface area (Å²) in [4.78, 5) is 0. The van der Waals surface area contributed by atoms with Gasteiger partial charge in [-0.05, 0) is 46.8 Å². The fraction of sp³-hybridized carbons (Fsp3) is 0.700. The van der Waals surface area contributed by atoms with E-state index in [0.717, 1.165) is 6.42 Å². The van der Waals surface area contributed by atoms with Crippen molar-refractivity contribution >= 4 is 8.30 Å². The van der Waals surface area contributed by atoms with E-state index in [1.165, 1.54) is 5.56 Å². The first-order valence-corrected chi connectivity index (χ1v) is 10.9. The third kappa shape index (κ3) is 3.94. The number of ether oxygens (including phenoxy) is 2. The summed E-state index contributed by atoms with van der Waals surface area (Å²) in [6.07, 6.45) is 0.500. The van der Waals surface area contributed by atoms with E-state index >= 15 is 0 Å². The lowest BCUT2D eigenvalue weighted by molar-refractivity contribution is -0.135. The molecule has 0 saturated carbocycles. The Labute approximate surface area is 155 Å². The number of nitrogens with zero attached hydrogens (tertiary/aromatic N) is 1. The highest BCUT2D eigenvalue weighted by Crippen LogP contribution is 2.50. The molecular weight excluding hydrogens is 333 g/mol. The highest BCUT2D eigenvalue weighted by Gasteiger charge is 2.60. The Morgan fingerprint density at radius 3 is 2.56 bits per heavy atom. The van der Waals surface area contributed by atoms with Crippen LogP contribution in [-0.4, -0.2) is 53.9 Å². The Morgan fingerprint density at radius 2 is 1.96 bits per heavy atom.